The third-order valence-corrected chi connectivity index (χ3v) is 7.62. The Bertz CT molecular complexity index is 912. The van der Waals surface area contributed by atoms with E-state index in [9.17, 15) is 9.90 Å². The fourth-order valence-electron chi connectivity index (χ4n) is 5.81. The van der Waals surface area contributed by atoms with Gasteiger partial charge in [0.25, 0.3) is 0 Å². The maximum atomic E-state index is 12.0. The van der Waals surface area contributed by atoms with E-state index in [4.69, 9.17) is 4.74 Å². The molecule has 2 unspecified atom stereocenters. The van der Waals surface area contributed by atoms with Gasteiger partial charge in [-0.15, -0.1) is 0 Å². The molecule has 4 nitrogen and oxygen atoms in total. The highest BCUT2D eigenvalue weighted by atomic mass is 16.5. The van der Waals surface area contributed by atoms with E-state index in [0.717, 1.165) is 56.3 Å². The van der Waals surface area contributed by atoms with Crippen molar-refractivity contribution in [3.63, 3.8) is 0 Å². The lowest BCUT2D eigenvalue weighted by Gasteiger charge is -2.55. The van der Waals surface area contributed by atoms with Crippen molar-refractivity contribution in [2.75, 3.05) is 13.1 Å². The van der Waals surface area contributed by atoms with Crippen molar-refractivity contribution >= 4 is 5.91 Å². The molecule has 0 aliphatic heterocycles. The molecule has 1 fully saturated rings. The second-order valence-electron chi connectivity index (χ2n) is 9.26. The van der Waals surface area contributed by atoms with Crippen LogP contribution < -0.4 is 4.74 Å². The van der Waals surface area contributed by atoms with Crippen molar-refractivity contribution in [2.45, 2.75) is 76.4 Å². The number of nitrogens with zero attached hydrogens (tertiary/aromatic N) is 1. The Hall–Kier alpha value is -2.33. The number of hydrogen-bond acceptors (Lipinski definition) is 3. The van der Waals surface area contributed by atoms with Crippen LogP contribution >= 0.6 is 0 Å². The van der Waals surface area contributed by atoms with Crippen molar-refractivity contribution in [1.82, 2.24) is 4.90 Å². The number of benzene rings is 2. The lowest BCUT2D eigenvalue weighted by atomic mass is 9.53. The van der Waals surface area contributed by atoms with Gasteiger partial charge < -0.3 is 14.7 Å². The summed E-state index contributed by atoms with van der Waals surface area (Å²) in [4.78, 5) is 13.9. The number of aryl methyl sites for hydroxylation is 1. The lowest BCUT2D eigenvalue weighted by Crippen LogP contribution is -2.57. The van der Waals surface area contributed by atoms with Crippen LogP contribution in [-0.2, 0) is 23.2 Å². The van der Waals surface area contributed by atoms with E-state index in [1.54, 1.807) is 6.92 Å². The van der Waals surface area contributed by atoms with E-state index < -0.39 is 5.60 Å². The lowest BCUT2D eigenvalue weighted by molar-refractivity contribution is -0.130. The first-order chi connectivity index (χ1) is 15.0. The SMILES string of the molecule is CCN(CCC12CCCCC1(O)CCc1ccc(OCc3ccccc3)cc12)C(C)=O. The normalized spacial score (nSPS) is 24.7. The summed E-state index contributed by atoms with van der Waals surface area (Å²) < 4.78 is 6.15. The van der Waals surface area contributed by atoms with Gasteiger partial charge in [0, 0.05) is 25.4 Å². The van der Waals surface area contributed by atoms with Gasteiger partial charge in [-0.2, -0.15) is 0 Å². The molecule has 1 amide bonds. The van der Waals surface area contributed by atoms with Crippen LogP contribution in [0.1, 0.15) is 69.1 Å². The van der Waals surface area contributed by atoms with E-state index in [0.29, 0.717) is 19.7 Å². The number of carbonyl (C=O) groups excluding carboxylic acids is 1. The van der Waals surface area contributed by atoms with E-state index in [1.807, 2.05) is 30.0 Å². The number of carbonyl (C=O) groups is 1. The molecular formula is C27H35NO3. The zero-order valence-corrected chi connectivity index (χ0v) is 18.9. The molecule has 0 spiro atoms. The Morgan fingerprint density at radius 3 is 2.61 bits per heavy atom. The van der Waals surface area contributed by atoms with Crippen LogP contribution in [0.5, 0.6) is 5.75 Å². The molecule has 4 heteroatoms. The van der Waals surface area contributed by atoms with Gasteiger partial charge in [0.15, 0.2) is 0 Å². The molecule has 31 heavy (non-hydrogen) atoms. The Morgan fingerprint density at radius 1 is 1.10 bits per heavy atom. The predicted molar refractivity (Wildman–Crippen MR) is 123 cm³/mol. The summed E-state index contributed by atoms with van der Waals surface area (Å²) in [6.07, 6.45) is 6.49. The first-order valence-electron chi connectivity index (χ1n) is 11.8. The van der Waals surface area contributed by atoms with E-state index in [1.165, 1.54) is 11.1 Å². The van der Waals surface area contributed by atoms with Crippen LogP contribution in [0.2, 0.25) is 0 Å². The van der Waals surface area contributed by atoms with E-state index in [-0.39, 0.29) is 11.3 Å². The molecule has 2 aromatic rings. The maximum absolute atomic E-state index is 12.0. The second-order valence-corrected chi connectivity index (χ2v) is 9.26. The molecule has 1 saturated carbocycles. The summed E-state index contributed by atoms with van der Waals surface area (Å²) >= 11 is 0. The third kappa shape index (κ3) is 4.23. The average molecular weight is 422 g/mol. The molecule has 0 saturated heterocycles. The molecule has 2 aliphatic rings. The smallest absolute Gasteiger partial charge is 0.219 e. The molecule has 0 heterocycles. The highest BCUT2D eigenvalue weighted by molar-refractivity contribution is 5.73. The number of aliphatic hydroxyl groups is 1. The number of ether oxygens (including phenoxy) is 1. The van der Waals surface area contributed by atoms with Crippen molar-refractivity contribution in [3.8, 4) is 5.75 Å². The summed E-state index contributed by atoms with van der Waals surface area (Å²) in [7, 11) is 0. The molecule has 2 aliphatic carbocycles. The molecular weight excluding hydrogens is 386 g/mol. The van der Waals surface area contributed by atoms with E-state index >= 15 is 0 Å². The van der Waals surface area contributed by atoms with Crippen LogP contribution in [0.25, 0.3) is 0 Å². The van der Waals surface area contributed by atoms with Crippen molar-refractivity contribution in [1.29, 1.82) is 0 Å². The first kappa shape index (κ1) is 21.9. The van der Waals surface area contributed by atoms with Crippen LogP contribution in [0.4, 0.5) is 0 Å². The quantitative estimate of drug-likeness (QED) is 0.683. The minimum Gasteiger partial charge on any atom is -0.489 e. The number of fused-ring (bicyclic) bond motifs is 3. The highest BCUT2D eigenvalue weighted by Gasteiger charge is 2.55. The van der Waals surface area contributed by atoms with Gasteiger partial charge in [0.1, 0.15) is 12.4 Å². The minimum absolute atomic E-state index is 0.106. The van der Waals surface area contributed by atoms with Gasteiger partial charge in [-0.25, -0.2) is 0 Å². The maximum Gasteiger partial charge on any atom is 0.219 e. The standard InChI is InChI=1S/C27H35NO3/c1-3-28(21(2)29)18-17-26-14-7-8-15-27(26,30)16-13-23-11-12-24(19-25(23)26)31-20-22-9-5-4-6-10-22/h4-6,9-12,19,30H,3,7-8,13-18,20H2,1-2H3. The fraction of sp³-hybridized carbons (Fsp3) is 0.519. The molecule has 4 rings (SSSR count). The number of hydrogen-bond donors (Lipinski definition) is 1. The Morgan fingerprint density at radius 2 is 1.87 bits per heavy atom. The highest BCUT2D eigenvalue weighted by Crippen LogP contribution is 2.55. The monoisotopic (exact) mass is 421 g/mol. The largest absolute Gasteiger partial charge is 0.489 e. The summed E-state index contributed by atoms with van der Waals surface area (Å²) in [5.41, 5.74) is 2.69. The molecule has 1 N–H and O–H groups in total. The zero-order valence-electron chi connectivity index (χ0n) is 18.9. The van der Waals surface area contributed by atoms with E-state index in [2.05, 4.69) is 30.3 Å². The summed E-state index contributed by atoms with van der Waals surface area (Å²) in [5.74, 6) is 0.963. The predicted octanol–water partition coefficient (Wildman–Crippen LogP) is 5.01. The Kier molecular flexibility index (Phi) is 6.38. The van der Waals surface area contributed by atoms with Gasteiger partial charge in [-0.1, -0.05) is 49.2 Å². The van der Waals surface area contributed by atoms with Gasteiger partial charge in [0.2, 0.25) is 5.91 Å². The summed E-state index contributed by atoms with van der Waals surface area (Å²) in [6.45, 7) is 5.58. The molecule has 0 radical (unpaired) electrons. The number of rotatable bonds is 7. The van der Waals surface area contributed by atoms with Crippen LogP contribution in [0, 0.1) is 0 Å². The second kappa shape index (κ2) is 9.04. The van der Waals surface area contributed by atoms with Crippen LogP contribution in [-0.4, -0.2) is 34.6 Å². The van der Waals surface area contributed by atoms with Crippen LogP contribution in [0.3, 0.4) is 0 Å². The first-order valence-corrected chi connectivity index (χ1v) is 11.8. The van der Waals surface area contributed by atoms with Crippen molar-refractivity contribution < 1.29 is 14.6 Å². The molecule has 0 bridgehead atoms. The molecule has 2 aromatic carbocycles. The fourth-order valence-corrected chi connectivity index (χ4v) is 5.81. The van der Waals surface area contributed by atoms with Gasteiger partial charge in [0.05, 0.1) is 5.60 Å². The molecule has 2 atom stereocenters. The van der Waals surface area contributed by atoms with Crippen molar-refractivity contribution in [2.24, 2.45) is 0 Å². The Labute approximate surface area is 186 Å². The minimum atomic E-state index is -0.702. The van der Waals surface area contributed by atoms with Crippen molar-refractivity contribution in [3.05, 3.63) is 65.2 Å². The molecule has 166 valence electrons. The number of amides is 1. The topological polar surface area (TPSA) is 49.8 Å². The summed E-state index contributed by atoms with van der Waals surface area (Å²) in [6, 6.07) is 16.6. The van der Waals surface area contributed by atoms with Gasteiger partial charge in [-0.3, -0.25) is 4.79 Å². The Balaban J connectivity index is 1.65. The third-order valence-electron chi connectivity index (χ3n) is 7.62. The van der Waals surface area contributed by atoms with Gasteiger partial charge in [-0.05, 0) is 67.9 Å². The summed E-state index contributed by atoms with van der Waals surface area (Å²) in [5, 5.41) is 11.9. The zero-order chi connectivity index (χ0) is 21.9. The van der Waals surface area contributed by atoms with Gasteiger partial charge >= 0.3 is 0 Å². The molecule has 0 aromatic heterocycles. The van der Waals surface area contributed by atoms with Crippen LogP contribution in [0.15, 0.2) is 48.5 Å². The average Bonchev–Trinajstić information content (AvgIpc) is 2.78.